The van der Waals surface area contributed by atoms with Crippen LogP contribution in [0.5, 0.6) is 0 Å². The second-order valence-electron chi connectivity index (χ2n) is 3.32. The number of hydrogen-bond donors (Lipinski definition) is 2. The van der Waals surface area contributed by atoms with Crippen molar-refractivity contribution in [3.05, 3.63) is 11.2 Å². The lowest BCUT2D eigenvalue weighted by molar-refractivity contribution is 0.0687. The third-order valence-corrected chi connectivity index (χ3v) is 5.58. The molecule has 1 rings (SSSR count). The Labute approximate surface area is 111 Å². The van der Waals surface area contributed by atoms with E-state index in [-0.39, 0.29) is 10.8 Å². The number of carboxylic acid groups (broad SMARTS) is 1. The molecule has 18 heavy (non-hydrogen) atoms. The molecule has 0 radical (unpaired) electrons. The van der Waals surface area contributed by atoms with E-state index in [1.165, 1.54) is 11.8 Å². The maximum absolute atomic E-state index is 11.8. The van der Waals surface area contributed by atoms with Gasteiger partial charge in [-0.3, -0.25) is 4.21 Å². The molecule has 0 aliphatic rings. The standard InChI is InChI=1S/C8H12N2O5S3/c1-17(13)4-2-3-10-18(14,15)8-6(7(11)12)9-5-16-8/h5,10H,2-4H2,1H3,(H,11,12). The Morgan fingerprint density at radius 3 is 2.83 bits per heavy atom. The lowest BCUT2D eigenvalue weighted by Crippen LogP contribution is -2.26. The highest BCUT2D eigenvalue weighted by Gasteiger charge is 2.25. The van der Waals surface area contributed by atoms with E-state index in [1.54, 1.807) is 0 Å². The van der Waals surface area contributed by atoms with Crippen LogP contribution in [0.15, 0.2) is 9.72 Å². The van der Waals surface area contributed by atoms with Crippen molar-refractivity contribution >= 4 is 38.1 Å². The highest BCUT2D eigenvalue weighted by Crippen LogP contribution is 2.19. The van der Waals surface area contributed by atoms with Gasteiger partial charge in [-0.2, -0.15) is 0 Å². The smallest absolute Gasteiger partial charge is 0.356 e. The van der Waals surface area contributed by atoms with Gasteiger partial charge in [-0.15, -0.1) is 11.3 Å². The van der Waals surface area contributed by atoms with E-state index in [1.807, 2.05) is 0 Å². The van der Waals surface area contributed by atoms with Crippen LogP contribution in [0.3, 0.4) is 0 Å². The van der Waals surface area contributed by atoms with E-state index in [2.05, 4.69) is 9.71 Å². The topological polar surface area (TPSA) is 113 Å². The van der Waals surface area contributed by atoms with Gasteiger partial charge >= 0.3 is 5.97 Å². The third-order valence-electron chi connectivity index (χ3n) is 1.88. The minimum Gasteiger partial charge on any atom is -0.476 e. The lowest BCUT2D eigenvalue weighted by Gasteiger charge is -2.04. The summed E-state index contributed by atoms with van der Waals surface area (Å²) in [7, 11) is -4.85. The van der Waals surface area contributed by atoms with E-state index in [9.17, 15) is 17.4 Å². The average Bonchev–Trinajstić information content (AvgIpc) is 2.73. The highest BCUT2D eigenvalue weighted by molar-refractivity contribution is 7.91. The van der Waals surface area contributed by atoms with E-state index < -0.39 is 32.5 Å². The number of aromatic carboxylic acids is 1. The largest absolute Gasteiger partial charge is 0.476 e. The predicted molar refractivity (Wildman–Crippen MR) is 67.8 cm³/mol. The van der Waals surface area contributed by atoms with E-state index in [0.29, 0.717) is 12.2 Å². The molecule has 0 aliphatic heterocycles. The van der Waals surface area contributed by atoms with Gasteiger partial charge in [0, 0.05) is 29.4 Å². The van der Waals surface area contributed by atoms with E-state index in [4.69, 9.17) is 5.11 Å². The van der Waals surface area contributed by atoms with Crippen LogP contribution in [-0.4, -0.2) is 47.2 Å². The van der Waals surface area contributed by atoms with Crippen LogP contribution in [0.25, 0.3) is 0 Å². The average molecular weight is 312 g/mol. The van der Waals surface area contributed by atoms with Crippen LogP contribution in [0, 0.1) is 0 Å². The number of aromatic nitrogens is 1. The van der Waals surface area contributed by atoms with Crippen LogP contribution in [0.1, 0.15) is 16.9 Å². The first kappa shape index (κ1) is 15.2. The Morgan fingerprint density at radius 1 is 1.61 bits per heavy atom. The molecule has 0 amide bonds. The zero-order valence-electron chi connectivity index (χ0n) is 9.45. The number of carboxylic acids is 1. The van der Waals surface area contributed by atoms with Crippen molar-refractivity contribution in [2.75, 3.05) is 18.6 Å². The SMILES string of the molecule is CS(=O)CCCNS(=O)(=O)c1scnc1C(=O)O. The van der Waals surface area contributed by atoms with Crippen molar-refractivity contribution in [3.63, 3.8) is 0 Å². The highest BCUT2D eigenvalue weighted by atomic mass is 32.2. The maximum Gasteiger partial charge on any atom is 0.356 e. The van der Waals surface area contributed by atoms with Gasteiger partial charge in [-0.1, -0.05) is 0 Å². The molecule has 10 heteroatoms. The summed E-state index contributed by atoms with van der Waals surface area (Å²) in [5.41, 5.74) is 0.686. The molecule has 0 spiro atoms. The number of nitrogens with zero attached hydrogens (tertiary/aromatic N) is 1. The molecular formula is C8H12N2O5S3. The van der Waals surface area contributed by atoms with E-state index >= 15 is 0 Å². The minimum absolute atomic E-state index is 0.110. The molecule has 1 atom stereocenters. The Hall–Kier alpha value is -0.840. The first-order valence-electron chi connectivity index (χ1n) is 4.81. The summed E-state index contributed by atoms with van der Waals surface area (Å²) < 4.78 is 36.3. The van der Waals surface area contributed by atoms with Gasteiger partial charge in [0.05, 0.1) is 5.51 Å². The normalized spacial score (nSPS) is 13.4. The third kappa shape index (κ3) is 4.12. The number of nitrogens with one attached hydrogen (secondary N) is 1. The molecule has 0 saturated carbocycles. The van der Waals surface area contributed by atoms with Gasteiger partial charge < -0.3 is 5.11 Å². The molecule has 1 aromatic heterocycles. The number of rotatable bonds is 7. The quantitative estimate of drug-likeness (QED) is 0.679. The van der Waals surface area contributed by atoms with Crippen molar-refractivity contribution in [3.8, 4) is 0 Å². The number of sulfonamides is 1. The molecule has 2 N–H and O–H groups in total. The molecule has 1 aromatic rings. The Balaban J connectivity index is 2.72. The first-order valence-corrected chi connectivity index (χ1v) is 8.90. The van der Waals surface area contributed by atoms with Gasteiger partial charge in [-0.25, -0.2) is 22.9 Å². The van der Waals surface area contributed by atoms with Gasteiger partial charge in [0.1, 0.15) is 0 Å². The van der Waals surface area contributed by atoms with Gasteiger partial charge in [0.15, 0.2) is 9.90 Å². The summed E-state index contributed by atoms with van der Waals surface area (Å²) in [6.45, 7) is 0.110. The zero-order valence-corrected chi connectivity index (χ0v) is 11.9. The van der Waals surface area contributed by atoms with Crippen molar-refractivity contribution in [2.45, 2.75) is 10.6 Å². The van der Waals surface area contributed by atoms with Crippen LogP contribution in [-0.2, 0) is 20.8 Å². The summed E-state index contributed by atoms with van der Waals surface area (Å²) >= 11 is 0.747. The number of carbonyl (C=O) groups is 1. The fourth-order valence-electron chi connectivity index (χ4n) is 1.12. The molecule has 102 valence electrons. The summed E-state index contributed by atoms with van der Waals surface area (Å²) in [6, 6.07) is 0. The summed E-state index contributed by atoms with van der Waals surface area (Å²) in [4.78, 5) is 14.3. The molecule has 0 aromatic carbocycles. The molecule has 1 heterocycles. The summed E-state index contributed by atoms with van der Waals surface area (Å²) in [5.74, 6) is -0.997. The van der Waals surface area contributed by atoms with Crippen LogP contribution in [0.2, 0.25) is 0 Å². The molecule has 7 nitrogen and oxygen atoms in total. The lowest BCUT2D eigenvalue weighted by atomic mass is 10.5. The summed E-state index contributed by atoms with van der Waals surface area (Å²) in [6.07, 6.45) is 1.95. The maximum atomic E-state index is 11.8. The zero-order chi connectivity index (χ0) is 13.8. The first-order chi connectivity index (χ1) is 8.34. The molecule has 1 unspecified atom stereocenters. The van der Waals surface area contributed by atoms with Crippen LogP contribution < -0.4 is 4.72 Å². The van der Waals surface area contributed by atoms with Crippen molar-refractivity contribution < 1.29 is 22.5 Å². The van der Waals surface area contributed by atoms with Crippen LogP contribution in [0.4, 0.5) is 0 Å². The second kappa shape index (κ2) is 6.36. The fourth-order valence-corrected chi connectivity index (χ4v) is 3.92. The van der Waals surface area contributed by atoms with Crippen molar-refractivity contribution in [1.82, 2.24) is 9.71 Å². The molecular weight excluding hydrogens is 300 g/mol. The van der Waals surface area contributed by atoms with Crippen LogP contribution >= 0.6 is 11.3 Å². The Bertz CT molecular complexity index is 551. The molecule has 0 bridgehead atoms. The van der Waals surface area contributed by atoms with E-state index in [0.717, 1.165) is 11.3 Å². The van der Waals surface area contributed by atoms with Gasteiger partial charge in [0.2, 0.25) is 0 Å². The minimum atomic E-state index is -3.86. The van der Waals surface area contributed by atoms with Gasteiger partial charge in [-0.05, 0) is 6.42 Å². The van der Waals surface area contributed by atoms with Gasteiger partial charge in [0.25, 0.3) is 10.0 Å². The summed E-state index contributed by atoms with van der Waals surface area (Å²) in [5, 5.41) is 8.77. The molecule has 0 saturated heterocycles. The monoisotopic (exact) mass is 312 g/mol. The molecule has 0 fully saturated rings. The second-order valence-corrected chi connectivity index (χ2v) is 7.69. The van der Waals surface area contributed by atoms with Crippen molar-refractivity contribution in [2.24, 2.45) is 0 Å². The Morgan fingerprint density at radius 2 is 2.28 bits per heavy atom. The number of hydrogen-bond acceptors (Lipinski definition) is 6. The molecule has 0 aliphatic carbocycles. The Kier molecular flexibility index (Phi) is 5.38. The fraction of sp³-hybridized carbons (Fsp3) is 0.500. The predicted octanol–water partition coefficient (Wildman–Crippen LogP) is -0.112. The van der Waals surface area contributed by atoms with Crippen molar-refractivity contribution in [1.29, 1.82) is 0 Å². The number of thiazole rings is 1.